The maximum absolute atomic E-state index is 12.1. The van der Waals surface area contributed by atoms with Crippen LogP contribution in [-0.2, 0) is 16.3 Å². The molecule has 1 aromatic rings. The van der Waals surface area contributed by atoms with Gasteiger partial charge in [-0.1, -0.05) is 25.0 Å². The van der Waals surface area contributed by atoms with Crippen molar-refractivity contribution in [1.82, 2.24) is 0 Å². The summed E-state index contributed by atoms with van der Waals surface area (Å²) in [5.41, 5.74) is 2.67. The van der Waals surface area contributed by atoms with Gasteiger partial charge < -0.3 is 4.90 Å². The fraction of sp³-hybridized carbons (Fsp3) is 0.700. The number of hydrogen-bond acceptors (Lipinski definition) is 3. The van der Waals surface area contributed by atoms with Gasteiger partial charge in [0.2, 0.25) is 0 Å². The van der Waals surface area contributed by atoms with Gasteiger partial charge in [-0.15, -0.1) is 0 Å². The van der Waals surface area contributed by atoms with Crippen LogP contribution >= 0.6 is 0 Å². The molecule has 4 heteroatoms. The smallest absolute Gasteiger partial charge is 0.152 e. The molecular weight excluding hydrogens is 318 g/mol. The van der Waals surface area contributed by atoms with Crippen LogP contribution in [0.2, 0.25) is 0 Å². The normalized spacial score (nSPS) is 21.9. The molecule has 0 aliphatic heterocycles. The number of benzene rings is 1. The Morgan fingerprint density at radius 1 is 1.08 bits per heavy atom. The van der Waals surface area contributed by atoms with Crippen LogP contribution in [0, 0.1) is 11.8 Å². The van der Waals surface area contributed by atoms with E-state index in [0.717, 1.165) is 25.2 Å². The van der Waals surface area contributed by atoms with Crippen molar-refractivity contribution in [2.45, 2.75) is 57.6 Å². The van der Waals surface area contributed by atoms with Gasteiger partial charge in [-0.05, 0) is 69.1 Å². The van der Waals surface area contributed by atoms with Gasteiger partial charge in [0.05, 0.1) is 11.0 Å². The summed E-state index contributed by atoms with van der Waals surface area (Å²) in [6, 6.07) is 8.77. The topological polar surface area (TPSA) is 37.4 Å². The standard InChI is InChI=1S/C20H33NO2S/c1-16(2)24(22,23)15-19-12-9-17(10-13-19)8-11-18-6-5-7-20(14-18)21(3)4/h5-7,14,16-17,19H,8-13,15H2,1-4H3. The Kier molecular flexibility index (Phi) is 6.73. The largest absolute Gasteiger partial charge is 0.378 e. The van der Waals surface area contributed by atoms with E-state index in [1.807, 2.05) is 0 Å². The molecule has 0 atom stereocenters. The SMILES string of the molecule is CC(C)S(=O)(=O)CC1CCC(CCc2cccc(N(C)C)c2)CC1. The van der Waals surface area contributed by atoms with Crippen LogP contribution in [0.3, 0.4) is 0 Å². The molecule has 0 aromatic heterocycles. The zero-order valence-electron chi connectivity index (χ0n) is 15.7. The Labute approximate surface area is 148 Å². The molecule has 0 bridgehead atoms. The van der Waals surface area contributed by atoms with E-state index in [-0.39, 0.29) is 5.25 Å². The second-order valence-electron chi connectivity index (χ2n) is 7.87. The number of sulfone groups is 1. The van der Waals surface area contributed by atoms with E-state index in [0.29, 0.717) is 11.7 Å². The third-order valence-corrected chi connectivity index (χ3v) is 7.79. The molecule has 0 amide bonds. The van der Waals surface area contributed by atoms with Crippen LogP contribution in [0.25, 0.3) is 0 Å². The lowest BCUT2D eigenvalue weighted by Gasteiger charge is -2.29. The van der Waals surface area contributed by atoms with Crippen LogP contribution in [0.4, 0.5) is 5.69 Å². The summed E-state index contributed by atoms with van der Waals surface area (Å²) in [6.45, 7) is 3.59. The van der Waals surface area contributed by atoms with E-state index >= 15 is 0 Å². The monoisotopic (exact) mass is 351 g/mol. The van der Waals surface area contributed by atoms with E-state index in [1.165, 1.54) is 30.5 Å². The zero-order chi connectivity index (χ0) is 17.7. The molecule has 1 saturated carbocycles. The number of hydrogen-bond donors (Lipinski definition) is 0. The Morgan fingerprint density at radius 2 is 1.71 bits per heavy atom. The van der Waals surface area contributed by atoms with Gasteiger partial charge in [0.1, 0.15) is 0 Å². The summed E-state index contributed by atoms with van der Waals surface area (Å²) < 4.78 is 24.1. The zero-order valence-corrected chi connectivity index (χ0v) is 16.5. The first-order chi connectivity index (χ1) is 11.3. The molecule has 1 aliphatic carbocycles. The van der Waals surface area contributed by atoms with Gasteiger partial charge >= 0.3 is 0 Å². The molecule has 0 N–H and O–H groups in total. The van der Waals surface area contributed by atoms with Gasteiger partial charge in [-0.2, -0.15) is 0 Å². The lowest BCUT2D eigenvalue weighted by atomic mass is 9.80. The van der Waals surface area contributed by atoms with Crippen LogP contribution in [0.15, 0.2) is 24.3 Å². The Morgan fingerprint density at radius 3 is 2.29 bits per heavy atom. The maximum atomic E-state index is 12.1. The number of rotatable bonds is 7. The first kappa shape index (κ1) is 19.3. The Bertz CT molecular complexity index is 614. The first-order valence-corrected chi connectivity index (χ1v) is 11.0. The van der Waals surface area contributed by atoms with Gasteiger partial charge in [0, 0.05) is 19.8 Å². The Balaban J connectivity index is 1.78. The first-order valence-electron chi connectivity index (χ1n) is 9.25. The molecule has 0 saturated heterocycles. The molecule has 0 radical (unpaired) electrons. The maximum Gasteiger partial charge on any atom is 0.152 e. The third kappa shape index (κ3) is 5.51. The second-order valence-corrected chi connectivity index (χ2v) is 10.5. The lowest BCUT2D eigenvalue weighted by Crippen LogP contribution is -2.26. The van der Waals surface area contributed by atoms with Gasteiger partial charge in [-0.3, -0.25) is 0 Å². The van der Waals surface area contributed by atoms with Crippen molar-refractivity contribution in [2.24, 2.45) is 11.8 Å². The molecule has 0 unspecified atom stereocenters. The molecule has 1 aromatic carbocycles. The number of aryl methyl sites for hydroxylation is 1. The highest BCUT2D eigenvalue weighted by molar-refractivity contribution is 7.91. The van der Waals surface area contributed by atoms with Crippen molar-refractivity contribution >= 4 is 15.5 Å². The minimum atomic E-state index is -2.89. The minimum absolute atomic E-state index is 0.237. The summed E-state index contributed by atoms with van der Waals surface area (Å²) in [5, 5.41) is -0.237. The lowest BCUT2D eigenvalue weighted by molar-refractivity contribution is 0.278. The van der Waals surface area contributed by atoms with Crippen molar-refractivity contribution in [3.8, 4) is 0 Å². The highest BCUT2D eigenvalue weighted by atomic mass is 32.2. The van der Waals surface area contributed by atoms with Gasteiger partial charge in [0.25, 0.3) is 0 Å². The average molecular weight is 352 g/mol. The molecule has 1 aliphatic rings. The molecular formula is C20H33NO2S. The summed E-state index contributed by atoms with van der Waals surface area (Å²) >= 11 is 0. The molecule has 2 rings (SSSR count). The molecule has 3 nitrogen and oxygen atoms in total. The summed E-state index contributed by atoms with van der Waals surface area (Å²) in [4.78, 5) is 2.14. The van der Waals surface area contributed by atoms with Crippen LogP contribution < -0.4 is 4.90 Å². The van der Waals surface area contributed by atoms with Crippen LogP contribution in [0.5, 0.6) is 0 Å². The summed E-state index contributed by atoms with van der Waals surface area (Å²) in [6.07, 6.45) is 6.88. The quantitative estimate of drug-likeness (QED) is 0.734. The van der Waals surface area contributed by atoms with E-state index in [4.69, 9.17) is 0 Å². The van der Waals surface area contributed by atoms with E-state index in [9.17, 15) is 8.42 Å². The highest BCUT2D eigenvalue weighted by Crippen LogP contribution is 2.33. The summed E-state index contributed by atoms with van der Waals surface area (Å²) in [5.74, 6) is 1.53. The number of nitrogens with zero attached hydrogens (tertiary/aromatic N) is 1. The van der Waals surface area contributed by atoms with E-state index < -0.39 is 9.84 Å². The highest BCUT2D eigenvalue weighted by Gasteiger charge is 2.27. The van der Waals surface area contributed by atoms with Crippen LogP contribution in [0.1, 0.15) is 51.5 Å². The molecule has 24 heavy (non-hydrogen) atoms. The van der Waals surface area contributed by atoms with Crippen molar-refractivity contribution in [1.29, 1.82) is 0 Å². The predicted molar refractivity (Wildman–Crippen MR) is 103 cm³/mol. The van der Waals surface area contributed by atoms with Gasteiger partial charge in [-0.25, -0.2) is 8.42 Å². The molecule has 1 fully saturated rings. The van der Waals surface area contributed by atoms with Crippen molar-refractivity contribution in [3.63, 3.8) is 0 Å². The summed E-state index contributed by atoms with van der Waals surface area (Å²) in [7, 11) is 1.26. The fourth-order valence-corrected chi connectivity index (χ4v) is 4.94. The van der Waals surface area contributed by atoms with Gasteiger partial charge in [0.15, 0.2) is 9.84 Å². The molecule has 136 valence electrons. The van der Waals surface area contributed by atoms with E-state index in [1.54, 1.807) is 13.8 Å². The van der Waals surface area contributed by atoms with Crippen LogP contribution in [-0.4, -0.2) is 33.5 Å². The number of anilines is 1. The molecule has 0 spiro atoms. The average Bonchev–Trinajstić information content (AvgIpc) is 2.54. The Hall–Kier alpha value is -1.03. The molecule has 0 heterocycles. The fourth-order valence-electron chi connectivity index (χ4n) is 3.57. The van der Waals surface area contributed by atoms with Crippen molar-refractivity contribution in [3.05, 3.63) is 29.8 Å². The predicted octanol–water partition coefficient (Wildman–Crippen LogP) is 4.31. The van der Waals surface area contributed by atoms with Crippen molar-refractivity contribution in [2.75, 3.05) is 24.7 Å². The second kappa shape index (κ2) is 8.37. The third-order valence-electron chi connectivity index (χ3n) is 5.42. The van der Waals surface area contributed by atoms with E-state index in [2.05, 4.69) is 43.3 Å². The van der Waals surface area contributed by atoms with Crippen molar-refractivity contribution < 1.29 is 8.42 Å². The minimum Gasteiger partial charge on any atom is -0.378 e.